The fourth-order valence-corrected chi connectivity index (χ4v) is 5.47. The zero-order valence-corrected chi connectivity index (χ0v) is 22.1. The maximum absolute atomic E-state index is 13.7. The summed E-state index contributed by atoms with van der Waals surface area (Å²) in [7, 11) is 0. The van der Waals surface area contributed by atoms with Crippen molar-refractivity contribution in [1.82, 2.24) is 0 Å². The molecule has 1 aliphatic carbocycles. The van der Waals surface area contributed by atoms with Crippen molar-refractivity contribution in [3.63, 3.8) is 0 Å². The molecule has 36 heavy (non-hydrogen) atoms. The summed E-state index contributed by atoms with van der Waals surface area (Å²) >= 11 is 0. The fourth-order valence-electron chi connectivity index (χ4n) is 5.47. The van der Waals surface area contributed by atoms with Gasteiger partial charge in [-0.15, -0.1) is 0 Å². The molecule has 0 heterocycles. The van der Waals surface area contributed by atoms with Gasteiger partial charge in [-0.05, 0) is 112 Å². The third-order valence-corrected chi connectivity index (χ3v) is 7.57. The number of nitriles is 1. The molecular weight excluding hydrogens is 444 g/mol. The first kappa shape index (κ1) is 27.6. The number of carbonyl (C=O) groups is 1. The van der Waals surface area contributed by atoms with Gasteiger partial charge in [-0.3, -0.25) is 4.79 Å². The zero-order valence-electron chi connectivity index (χ0n) is 22.1. The van der Waals surface area contributed by atoms with Crippen LogP contribution in [0.1, 0.15) is 117 Å². The smallest absolute Gasteiger partial charge is 0.165 e. The van der Waals surface area contributed by atoms with Crippen LogP contribution in [0.2, 0.25) is 0 Å². The van der Waals surface area contributed by atoms with Crippen molar-refractivity contribution >= 4 is 17.1 Å². The van der Waals surface area contributed by atoms with Gasteiger partial charge in [-0.1, -0.05) is 42.7 Å². The van der Waals surface area contributed by atoms with E-state index in [1.165, 1.54) is 16.7 Å². The Balaban J connectivity index is 1.80. The topological polar surface area (TPSA) is 84.9 Å². The van der Waals surface area contributed by atoms with Crippen molar-refractivity contribution in [3.8, 4) is 6.07 Å². The van der Waals surface area contributed by atoms with E-state index in [0.717, 1.165) is 74.5 Å². The van der Waals surface area contributed by atoms with Gasteiger partial charge in [0, 0.05) is 17.2 Å². The highest BCUT2D eigenvalue weighted by atomic mass is 16.3. The molecule has 2 atom stereocenters. The van der Waals surface area contributed by atoms with Crippen LogP contribution in [0, 0.1) is 22.7 Å². The summed E-state index contributed by atoms with van der Waals surface area (Å²) in [4.78, 5) is 13.7. The molecule has 190 valence electrons. The van der Waals surface area contributed by atoms with Crippen LogP contribution in [0.3, 0.4) is 0 Å². The second-order valence-electron chi connectivity index (χ2n) is 10.5. The monoisotopic (exact) mass is 484 g/mol. The number of ketones is 1. The number of aliphatic hydroxyl groups is 1. The molecule has 0 amide bonds. The van der Waals surface area contributed by atoms with Gasteiger partial charge in [-0.25, -0.2) is 0 Å². The molecule has 0 aromatic heterocycles. The first-order valence-corrected chi connectivity index (χ1v) is 13.3. The predicted molar refractivity (Wildman–Crippen MR) is 147 cm³/mol. The Hall–Kier alpha value is -3.03. The quantitative estimate of drug-likeness (QED) is 0.279. The highest BCUT2D eigenvalue weighted by molar-refractivity contribution is 5.98. The molecule has 2 aromatic carbocycles. The van der Waals surface area contributed by atoms with Gasteiger partial charge in [-0.2, -0.15) is 5.26 Å². The normalized spacial score (nSPS) is 18.0. The number of rotatable bonds is 9. The molecule has 2 N–H and O–H groups in total. The number of hydrogen-bond acceptors (Lipinski definition) is 4. The van der Waals surface area contributed by atoms with E-state index in [-0.39, 0.29) is 18.3 Å². The van der Waals surface area contributed by atoms with E-state index in [2.05, 4.69) is 32.0 Å². The lowest BCUT2D eigenvalue weighted by Gasteiger charge is -2.25. The van der Waals surface area contributed by atoms with Crippen LogP contribution in [0.5, 0.6) is 0 Å². The van der Waals surface area contributed by atoms with Crippen LogP contribution in [0.4, 0.5) is 0 Å². The van der Waals surface area contributed by atoms with Gasteiger partial charge in [0.2, 0.25) is 0 Å². The van der Waals surface area contributed by atoms with Gasteiger partial charge < -0.3 is 10.5 Å². The molecule has 1 aliphatic rings. The summed E-state index contributed by atoms with van der Waals surface area (Å²) in [5, 5.41) is 26.9. The number of carbonyl (C=O) groups excluding carboxylic acids is 1. The van der Waals surface area contributed by atoms with E-state index in [0.29, 0.717) is 17.2 Å². The molecule has 4 nitrogen and oxygen atoms in total. The first-order chi connectivity index (χ1) is 17.3. The largest absolute Gasteiger partial charge is 0.392 e. The Morgan fingerprint density at radius 1 is 1.00 bits per heavy atom. The van der Waals surface area contributed by atoms with Crippen molar-refractivity contribution < 1.29 is 9.90 Å². The number of nitrogens with one attached hydrogen (secondary N) is 1. The highest BCUT2D eigenvalue weighted by Crippen LogP contribution is 2.35. The Morgan fingerprint density at radius 3 is 2.36 bits per heavy atom. The average Bonchev–Trinajstić information content (AvgIpc) is 2.86. The lowest BCUT2D eigenvalue weighted by atomic mass is 9.79. The first-order valence-electron chi connectivity index (χ1n) is 13.3. The van der Waals surface area contributed by atoms with E-state index < -0.39 is 0 Å². The number of Topliss-reactive ketones (excluding diaryl/α,β-unsaturated/α-hetero) is 1. The fraction of sp³-hybridized carbons (Fsp3) is 0.469. The lowest BCUT2D eigenvalue weighted by Crippen LogP contribution is -2.18. The molecule has 0 spiro atoms. The molecule has 3 rings (SSSR count). The van der Waals surface area contributed by atoms with Gasteiger partial charge in [0.25, 0.3) is 0 Å². The second kappa shape index (κ2) is 13.3. The molecule has 0 bridgehead atoms. The van der Waals surface area contributed by atoms with Crippen molar-refractivity contribution in [2.45, 2.75) is 91.1 Å². The summed E-state index contributed by atoms with van der Waals surface area (Å²) in [6, 6.07) is 15.9. The lowest BCUT2D eigenvalue weighted by molar-refractivity contribution is 0.0896. The van der Waals surface area contributed by atoms with E-state index in [1.54, 1.807) is 0 Å². The molecule has 2 aromatic rings. The molecule has 1 saturated carbocycles. The molecule has 4 heteroatoms. The van der Waals surface area contributed by atoms with Crippen LogP contribution < -0.4 is 0 Å². The van der Waals surface area contributed by atoms with Crippen LogP contribution in [-0.2, 0) is 6.61 Å². The predicted octanol–water partition coefficient (Wildman–Crippen LogP) is 7.99. The summed E-state index contributed by atoms with van der Waals surface area (Å²) in [6.45, 7) is 5.95. The summed E-state index contributed by atoms with van der Waals surface area (Å²) < 4.78 is 0. The molecule has 0 saturated heterocycles. The van der Waals surface area contributed by atoms with E-state index in [9.17, 15) is 9.90 Å². The maximum atomic E-state index is 13.7. The number of hydrogen-bond donors (Lipinski definition) is 2. The number of allylic oxidation sites excluding steroid dienone is 2. The Morgan fingerprint density at radius 2 is 1.72 bits per heavy atom. The van der Waals surface area contributed by atoms with Crippen molar-refractivity contribution in [2.24, 2.45) is 5.92 Å². The Kier molecular flexibility index (Phi) is 10.2. The van der Waals surface area contributed by atoms with Crippen molar-refractivity contribution in [2.75, 3.05) is 0 Å². The van der Waals surface area contributed by atoms with Gasteiger partial charge in [0.1, 0.15) is 0 Å². The number of benzene rings is 2. The van der Waals surface area contributed by atoms with Gasteiger partial charge in [0.15, 0.2) is 5.78 Å². The Labute approximate surface area is 216 Å². The minimum absolute atomic E-state index is 0.00901. The highest BCUT2D eigenvalue weighted by Gasteiger charge is 2.25. The Bertz CT molecular complexity index is 1130. The average molecular weight is 485 g/mol. The van der Waals surface area contributed by atoms with Crippen LogP contribution >= 0.6 is 0 Å². The van der Waals surface area contributed by atoms with Crippen LogP contribution in [0.15, 0.2) is 48.0 Å². The van der Waals surface area contributed by atoms with Crippen LogP contribution in [0.25, 0.3) is 5.57 Å². The van der Waals surface area contributed by atoms with E-state index in [4.69, 9.17) is 10.7 Å². The minimum Gasteiger partial charge on any atom is -0.392 e. The standard InChI is InChI=1S/C32H40N2O2/c1-22(2)30(10-6-7-23(3)34)31-19-28(17-18-29(31)21-35)32(36)27-9-5-4-8-25(15-16-27)26-13-11-24(20-33)12-14-26/h11-14,17-19,25,27,34-35H,4-10,15-16,21H2,1-3H3. The van der Waals surface area contributed by atoms with Crippen LogP contribution in [-0.4, -0.2) is 16.6 Å². The molecule has 0 aliphatic heterocycles. The van der Waals surface area contributed by atoms with Crippen molar-refractivity contribution in [3.05, 3.63) is 75.9 Å². The minimum atomic E-state index is -0.0557. The van der Waals surface area contributed by atoms with Crippen molar-refractivity contribution in [1.29, 1.82) is 10.7 Å². The molecule has 0 radical (unpaired) electrons. The zero-order chi connectivity index (χ0) is 26.1. The number of nitrogens with zero attached hydrogens (tertiary/aromatic N) is 1. The van der Waals surface area contributed by atoms with Gasteiger partial charge in [0.05, 0.1) is 18.2 Å². The second-order valence-corrected chi connectivity index (χ2v) is 10.5. The van der Waals surface area contributed by atoms with Gasteiger partial charge >= 0.3 is 0 Å². The maximum Gasteiger partial charge on any atom is 0.165 e. The SMILES string of the molecule is CC(=N)CCCC(=C(C)C)c1cc(C(=O)C2CCCCC(c3ccc(C#N)cc3)CC2)ccc1CO. The third kappa shape index (κ3) is 7.24. The summed E-state index contributed by atoms with van der Waals surface area (Å²) in [5.74, 6) is 0.648. The molecule has 2 unspecified atom stereocenters. The summed E-state index contributed by atoms with van der Waals surface area (Å²) in [6.07, 6.45) is 8.53. The third-order valence-electron chi connectivity index (χ3n) is 7.57. The molecule has 1 fully saturated rings. The number of aliphatic hydroxyl groups excluding tert-OH is 1. The molecular formula is C32H40N2O2. The van der Waals surface area contributed by atoms with E-state index in [1.807, 2.05) is 37.3 Å². The summed E-state index contributed by atoms with van der Waals surface area (Å²) in [5.41, 5.74) is 7.57. The van der Waals surface area contributed by atoms with E-state index >= 15 is 0 Å².